The van der Waals surface area contributed by atoms with Crippen molar-refractivity contribution in [1.82, 2.24) is 0 Å². The van der Waals surface area contributed by atoms with Crippen molar-refractivity contribution in [3.8, 4) is 0 Å². The maximum Gasteiger partial charge on any atom is 0.157 e. The molecule has 0 aliphatic carbocycles. The van der Waals surface area contributed by atoms with E-state index < -0.39 is 0 Å². The lowest BCUT2D eigenvalue weighted by molar-refractivity contribution is -0.169. The fourth-order valence-electron chi connectivity index (χ4n) is 2.86. The second-order valence-electron chi connectivity index (χ2n) is 7.56. The summed E-state index contributed by atoms with van der Waals surface area (Å²) in [5.74, 6) is 0. The molecule has 0 saturated carbocycles. The van der Waals surface area contributed by atoms with Crippen LogP contribution in [-0.4, -0.2) is 139 Å². The molecule has 0 N–H and O–H groups in total. The molecule has 35 heavy (non-hydrogen) atoms. The quantitative estimate of drug-likeness (QED) is 0.142. The van der Waals surface area contributed by atoms with Crippen molar-refractivity contribution in [2.75, 3.05) is 133 Å². The van der Waals surface area contributed by atoms with E-state index in [1.165, 1.54) is 6.42 Å². The van der Waals surface area contributed by atoms with Gasteiger partial charge in [-0.15, -0.1) is 0 Å². The first kappa shape index (κ1) is 32.6. The summed E-state index contributed by atoms with van der Waals surface area (Å²) < 4.78 is 59.4. The van der Waals surface area contributed by atoms with E-state index >= 15 is 0 Å². The topological polar surface area (TPSA) is 102 Å². The van der Waals surface area contributed by atoms with Crippen molar-refractivity contribution in [1.29, 1.82) is 0 Å². The Balaban J connectivity index is 1.61. The van der Waals surface area contributed by atoms with Crippen LogP contribution in [0.2, 0.25) is 0 Å². The predicted octanol–water partition coefficient (Wildman–Crippen LogP) is 1.31. The summed E-state index contributed by atoms with van der Waals surface area (Å²) in [6.45, 7) is 10.6. The second kappa shape index (κ2) is 28.1. The molecule has 0 amide bonds. The van der Waals surface area contributed by atoms with Crippen LogP contribution in [0.15, 0.2) is 0 Å². The van der Waals surface area contributed by atoms with Crippen LogP contribution in [0, 0.1) is 0 Å². The molecule has 1 atom stereocenters. The van der Waals surface area contributed by atoms with E-state index in [2.05, 4.69) is 0 Å². The van der Waals surface area contributed by atoms with Crippen molar-refractivity contribution in [2.24, 2.45) is 0 Å². The summed E-state index contributed by atoms with van der Waals surface area (Å²) in [5, 5.41) is 0. The first-order valence-corrected chi connectivity index (χ1v) is 12.8. The van der Waals surface area contributed by atoms with Gasteiger partial charge in [-0.1, -0.05) is 0 Å². The fraction of sp³-hybridized carbons (Fsp3) is 1.00. The summed E-state index contributed by atoms with van der Waals surface area (Å²) in [5.41, 5.74) is 0. The summed E-state index contributed by atoms with van der Waals surface area (Å²) in [4.78, 5) is 0. The molecule has 0 bridgehead atoms. The highest BCUT2D eigenvalue weighted by Crippen LogP contribution is 2.13. The minimum atomic E-state index is -0.0591. The number of hydrogen-bond donors (Lipinski definition) is 0. The molecule has 0 aromatic carbocycles. The summed E-state index contributed by atoms with van der Waals surface area (Å²) >= 11 is 0. The van der Waals surface area contributed by atoms with E-state index in [4.69, 9.17) is 52.1 Å². The zero-order valence-corrected chi connectivity index (χ0v) is 21.6. The highest BCUT2D eigenvalue weighted by atomic mass is 16.7. The minimum absolute atomic E-state index is 0.0591. The van der Waals surface area contributed by atoms with Crippen LogP contribution in [0.5, 0.6) is 0 Å². The maximum atomic E-state index is 5.59. The average Bonchev–Trinajstić information content (AvgIpc) is 2.89. The highest BCUT2D eigenvalue weighted by Gasteiger charge is 2.13. The number of methoxy groups -OCH3 is 1. The SMILES string of the molecule is COCCOCCOCCOCCOCCOCCOCCOCCOCCOC1CCCCO1. The third-order valence-electron chi connectivity index (χ3n) is 4.71. The van der Waals surface area contributed by atoms with Crippen LogP contribution in [0.3, 0.4) is 0 Å². The lowest BCUT2D eigenvalue weighted by Crippen LogP contribution is -2.24. The van der Waals surface area contributed by atoms with Crippen molar-refractivity contribution in [2.45, 2.75) is 25.6 Å². The van der Waals surface area contributed by atoms with Gasteiger partial charge >= 0.3 is 0 Å². The molecule has 1 heterocycles. The second-order valence-corrected chi connectivity index (χ2v) is 7.56. The molecule has 11 heteroatoms. The van der Waals surface area contributed by atoms with Gasteiger partial charge in [-0.25, -0.2) is 0 Å². The maximum absolute atomic E-state index is 5.59. The minimum Gasteiger partial charge on any atom is -0.382 e. The van der Waals surface area contributed by atoms with Gasteiger partial charge in [-0.2, -0.15) is 0 Å². The van der Waals surface area contributed by atoms with Gasteiger partial charge in [0.15, 0.2) is 6.29 Å². The average molecular weight is 513 g/mol. The van der Waals surface area contributed by atoms with Gasteiger partial charge in [0.2, 0.25) is 0 Å². The van der Waals surface area contributed by atoms with E-state index in [-0.39, 0.29) is 6.29 Å². The van der Waals surface area contributed by atoms with Crippen molar-refractivity contribution in [3.05, 3.63) is 0 Å². The molecule has 1 rings (SSSR count). The van der Waals surface area contributed by atoms with Gasteiger partial charge in [-0.05, 0) is 19.3 Å². The molecule has 0 radical (unpaired) electrons. The standard InChI is InChI=1S/C24H48O11/c1-25-6-7-26-8-9-27-10-11-28-12-13-29-14-15-30-16-17-31-18-19-32-20-21-33-22-23-35-24-4-2-3-5-34-24/h24H,2-23H2,1H3. The molecule has 11 nitrogen and oxygen atoms in total. The zero-order chi connectivity index (χ0) is 24.9. The van der Waals surface area contributed by atoms with E-state index in [0.29, 0.717) is 119 Å². The zero-order valence-electron chi connectivity index (χ0n) is 21.6. The normalized spacial score (nSPS) is 16.2. The van der Waals surface area contributed by atoms with Crippen LogP contribution in [-0.2, 0) is 52.1 Å². The molecule has 1 aliphatic rings. The highest BCUT2D eigenvalue weighted by molar-refractivity contribution is 4.53. The van der Waals surface area contributed by atoms with Gasteiger partial charge in [0.05, 0.1) is 119 Å². The first-order valence-electron chi connectivity index (χ1n) is 12.8. The van der Waals surface area contributed by atoms with E-state index in [0.717, 1.165) is 19.4 Å². The lowest BCUT2D eigenvalue weighted by atomic mass is 10.2. The third kappa shape index (κ3) is 25.0. The van der Waals surface area contributed by atoms with Crippen molar-refractivity contribution in [3.63, 3.8) is 0 Å². The molecule has 1 unspecified atom stereocenters. The molecular weight excluding hydrogens is 464 g/mol. The Hall–Kier alpha value is -0.440. The number of ether oxygens (including phenoxy) is 11. The predicted molar refractivity (Wildman–Crippen MR) is 128 cm³/mol. The molecular formula is C24H48O11. The Kier molecular flexibility index (Phi) is 26.2. The summed E-state index contributed by atoms with van der Waals surface area (Å²) in [6.07, 6.45) is 3.21. The largest absolute Gasteiger partial charge is 0.382 e. The van der Waals surface area contributed by atoms with Crippen LogP contribution in [0.4, 0.5) is 0 Å². The Bertz CT molecular complexity index is 398. The van der Waals surface area contributed by atoms with E-state index in [9.17, 15) is 0 Å². The van der Waals surface area contributed by atoms with Crippen molar-refractivity contribution < 1.29 is 52.1 Å². The molecule has 0 spiro atoms. The Labute approximate surface area is 210 Å². The Morgan fingerprint density at radius 3 is 1.11 bits per heavy atom. The molecule has 0 aromatic heterocycles. The van der Waals surface area contributed by atoms with Gasteiger partial charge in [0.1, 0.15) is 0 Å². The number of rotatable bonds is 28. The fourth-order valence-corrected chi connectivity index (χ4v) is 2.86. The lowest BCUT2D eigenvalue weighted by Gasteiger charge is -2.22. The van der Waals surface area contributed by atoms with Crippen molar-refractivity contribution >= 4 is 0 Å². The van der Waals surface area contributed by atoms with Gasteiger partial charge in [0.25, 0.3) is 0 Å². The van der Waals surface area contributed by atoms with E-state index in [1.54, 1.807) is 7.11 Å². The third-order valence-corrected chi connectivity index (χ3v) is 4.71. The first-order chi connectivity index (χ1) is 17.4. The molecule has 0 aromatic rings. The Morgan fingerprint density at radius 2 is 0.800 bits per heavy atom. The van der Waals surface area contributed by atoms with Gasteiger partial charge < -0.3 is 52.1 Å². The Morgan fingerprint density at radius 1 is 0.457 bits per heavy atom. The smallest absolute Gasteiger partial charge is 0.157 e. The molecule has 1 aliphatic heterocycles. The monoisotopic (exact) mass is 512 g/mol. The summed E-state index contributed by atoms with van der Waals surface area (Å²) in [7, 11) is 1.65. The van der Waals surface area contributed by atoms with Crippen LogP contribution in [0.25, 0.3) is 0 Å². The molecule has 1 fully saturated rings. The molecule has 1 saturated heterocycles. The molecule has 210 valence electrons. The van der Waals surface area contributed by atoms with Crippen LogP contribution in [0.1, 0.15) is 19.3 Å². The van der Waals surface area contributed by atoms with Gasteiger partial charge in [-0.3, -0.25) is 0 Å². The van der Waals surface area contributed by atoms with Gasteiger partial charge in [0, 0.05) is 13.7 Å². The summed E-state index contributed by atoms with van der Waals surface area (Å²) in [6, 6.07) is 0. The van der Waals surface area contributed by atoms with E-state index in [1.807, 2.05) is 0 Å². The van der Waals surface area contributed by atoms with Crippen LogP contribution >= 0.6 is 0 Å². The van der Waals surface area contributed by atoms with Crippen LogP contribution < -0.4 is 0 Å². The number of hydrogen-bond acceptors (Lipinski definition) is 11.